The molecule has 18 N–H and O–H groups in total. The fourth-order valence-electron chi connectivity index (χ4n) is 14.2. The lowest BCUT2D eigenvalue weighted by molar-refractivity contribution is -0.260. The molecule has 3 saturated heterocycles. The summed E-state index contributed by atoms with van der Waals surface area (Å²) in [7, 11) is 1.37. The summed E-state index contributed by atoms with van der Waals surface area (Å²) in [4.78, 5) is 177. The zero-order chi connectivity index (χ0) is 82.8. The van der Waals surface area contributed by atoms with E-state index < -0.39 is 194 Å². The van der Waals surface area contributed by atoms with E-state index in [9.17, 15) is 48.6 Å². The van der Waals surface area contributed by atoms with Gasteiger partial charge in [-0.2, -0.15) is 0 Å². The molecule has 33 heteroatoms. The third-order valence-electron chi connectivity index (χ3n) is 20.4. The van der Waals surface area contributed by atoms with Gasteiger partial charge in [0.05, 0.1) is 24.7 Å². The molecule has 1 aromatic heterocycles. The van der Waals surface area contributed by atoms with Crippen molar-refractivity contribution >= 4 is 70.9 Å². The first kappa shape index (κ1) is 87.6. The van der Waals surface area contributed by atoms with E-state index in [1.807, 2.05) is 68.4 Å². The number of nitrogens with one attached hydrogen (secondary N) is 10. The van der Waals surface area contributed by atoms with Gasteiger partial charge in [-0.1, -0.05) is 179 Å². The number of hydrogen-bond donors (Lipinski definition) is 15. The van der Waals surface area contributed by atoms with E-state index in [-0.39, 0.29) is 82.7 Å². The fourth-order valence-corrected chi connectivity index (χ4v) is 14.2. The lowest BCUT2D eigenvalue weighted by Crippen LogP contribution is -2.63. The number of aliphatic hydroxyl groups is 2. The molecule has 0 saturated carbocycles. The monoisotopic (exact) mass is 1590 g/mol. The van der Waals surface area contributed by atoms with Gasteiger partial charge in [-0.05, 0) is 90.3 Å². The maximum absolute atomic E-state index is 15.3. The molecule has 0 bridgehead atoms. The molecule has 0 spiro atoms. The highest BCUT2D eigenvalue weighted by atomic mass is 16.7. The highest BCUT2D eigenvalue weighted by molar-refractivity contribution is 6.01. The van der Waals surface area contributed by atoms with Gasteiger partial charge in [-0.15, -0.1) is 5.10 Å². The zero-order valence-electron chi connectivity index (χ0n) is 65.2. The predicted octanol–water partition coefficient (Wildman–Crippen LogP) is -0.583. The molecule has 115 heavy (non-hydrogen) atoms. The van der Waals surface area contributed by atoms with Crippen molar-refractivity contribution in [1.82, 2.24) is 73.1 Å². The van der Waals surface area contributed by atoms with Crippen LogP contribution in [0.15, 0.2) is 152 Å². The van der Waals surface area contributed by atoms with Crippen LogP contribution >= 0.6 is 0 Å². The quantitative estimate of drug-likeness (QED) is 0.0323. The van der Waals surface area contributed by atoms with Gasteiger partial charge < -0.3 is 95.0 Å². The van der Waals surface area contributed by atoms with Crippen LogP contribution in [0.2, 0.25) is 0 Å². The van der Waals surface area contributed by atoms with E-state index in [2.05, 4.69) is 63.5 Å². The van der Waals surface area contributed by atoms with Gasteiger partial charge in [0, 0.05) is 58.5 Å². The van der Waals surface area contributed by atoms with Crippen LogP contribution < -0.4 is 70.4 Å². The topological polar surface area (TPSA) is 496 Å². The summed E-state index contributed by atoms with van der Waals surface area (Å²) >= 11 is 0. The van der Waals surface area contributed by atoms with E-state index in [1.54, 1.807) is 105 Å². The van der Waals surface area contributed by atoms with Gasteiger partial charge in [0.25, 0.3) is 0 Å². The van der Waals surface area contributed by atoms with Crippen molar-refractivity contribution in [3.05, 3.63) is 180 Å². The predicted molar refractivity (Wildman–Crippen MR) is 421 cm³/mol. The van der Waals surface area contributed by atoms with Crippen LogP contribution in [0.5, 0.6) is 0 Å². The minimum atomic E-state index is -1.92. The number of amides is 12. The van der Waals surface area contributed by atoms with E-state index in [0.717, 1.165) is 16.7 Å². The second kappa shape index (κ2) is 42.7. The van der Waals surface area contributed by atoms with Crippen molar-refractivity contribution in [1.29, 1.82) is 0 Å². The molecule has 3 fully saturated rings. The lowest BCUT2D eigenvalue weighted by atomic mass is 9.96. The first-order valence-electron chi connectivity index (χ1n) is 38.9. The van der Waals surface area contributed by atoms with Gasteiger partial charge in [-0.25, -0.2) is 4.68 Å². The summed E-state index contributed by atoms with van der Waals surface area (Å²) in [5, 5.41) is 59.3. The number of methoxy groups -OCH3 is 1. The molecule has 0 unspecified atom stereocenters. The first-order valence-corrected chi connectivity index (χ1v) is 38.9. The molecular formula is C82H107N17O16. The van der Waals surface area contributed by atoms with E-state index in [1.165, 1.54) is 22.9 Å². The van der Waals surface area contributed by atoms with Crippen molar-refractivity contribution in [2.45, 2.75) is 209 Å². The van der Waals surface area contributed by atoms with Gasteiger partial charge >= 0.3 is 0 Å². The van der Waals surface area contributed by atoms with Crippen LogP contribution in [-0.4, -0.2) is 212 Å². The molecule has 3 aliphatic heterocycles. The second-order valence-corrected chi connectivity index (χ2v) is 30.1. The number of rotatable bonds is 26. The highest BCUT2D eigenvalue weighted by Crippen LogP contribution is 2.27. The van der Waals surface area contributed by atoms with Crippen molar-refractivity contribution in [2.75, 3.05) is 20.2 Å². The lowest BCUT2D eigenvalue weighted by Gasteiger charge is -2.42. The summed E-state index contributed by atoms with van der Waals surface area (Å²) in [6.45, 7) is 6.91. The molecule has 0 aliphatic carbocycles. The normalized spacial score (nSPS) is 25.5. The number of benzene rings is 5. The van der Waals surface area contributed by atoms with Gasteiger partial charge in [-0.3, -0.25) is 57.5 Å². The SMILES string of the molecule is CO[C@@H]1O[C@H](Cn2cc(C[C@@H]3NC(=O)[C@H](CCC(N)=O)NC(=O)[C@H](CC(N)=O)NC(=O)[C@@H](Cc4ccccc4)NC(=O)[C@H](Cc4ccccc4)NC(=O)[C@@H]4CCCN4C(=O)[C@@H](Cc4ccccc4)NC(=O)[C@H](CC(C)C)NC(=O)[C@H](CCCN)NC(=O)[C@H](C(C)C)NC3=O)nn2)[C@@H](O)[C@H](O)[C@H]1NCc1ccc(-c2ccccc2)cc1. The number of aromatic nitrogens is 3. The number of carbonyl (C=O) groups is 12. The minimum Gasteiger partial charge on any atom is -0.388 e. The second-order valence-electron chi connectivity index (χ2n) is 30.1. The molecular weight excluding hydrogens is 1480 g/mol. The Labute approximate surface area is 667 Å². The van der Waals surface area contributed by atoms with Crippen LogP contribution in [0.3, 0.4) is 0 Å². The standard InChI is InChI=1S/C82H107N17O16/c1-47(2)38-58-74(106)94-63(41-51-24-14-8-15-25-51)81(113)99-37-19-29-64(99)79(111)93-60(40-50-22-12-7-13-23-50)76(108)90-59(39-49-20-10-6-11-21-49)75(107)92-62(43-67(85)101)77(109)87-57(34-35-66(84)100)73(105)91-61(78(110)95-68(48(3)4)80(112)88-56(28-18-36-83)72(104)89-58)42-55-45-98(97-96-55)46-65-70(102)71(103)69(82(114-5)115-65)86-44-52-30-32-54(33-31-52)53-26-16-9-17-27-53/h6-17,20-27,30-33,45,47-48,56-65,68-71,82,86,102-103H,18-19,28-29,34-44,46,83H2,1-5H3,(H2,84,100)(H2,85,101)(H,87,109)(H,88,112)(H,89,104)(H,90,108)(H,91,105)(H,92,107)(H,93,111)(H,94,106)(H,95,110)/t56-,57-,58-,59+,60-,61-,62-,63+,64-,65+,68-,69+,70+,71+,82+/m0/s1. The number of primary amides is 2. The minimum absolute atomic E-state index is 0.00231. The fraction of sp³-hybridized carbons (Fsp3) is 0.463. The van der Waals surface area contributed by atoms with Crippen molar-refractivity contribution < 1.29 is 77.2 Å². The molecule has 9 rings (SSSR count). The Hall–Kier alpha value is -11.4. The molecule has 33 nitrogen and oxygen atoms in total. The average molecular weight is 1590 g/mol. The molecule has 5 aromatic carbocycles. The van der Waals surface area contributed by atoms with Gasteiger partial charge in [0.1, 0.15) is 78.7 Å². The smallest absolute Gasteiger partial charge is 0.246 e. The Morgan fingerprint density at radius 3 is 1.56 bits per heavy atom. The summed E-state index contributed by atoms with van der Waals surface area (Å²) in [5.41, 5.74) is 22.0. The van der Waals surface area contributed by atoms with Crippen LogP contribution in [0.1, 0.15) is 107 Å². The summed E-state index contributed by atoms with van der Waals surface area (Å²) in [6.07, 6.45) is -6.38. The van der Waals surface area contributed by atoms with Crippen LogP contribution in [0, 0.1) is 11.8 Å². The van der Waals surface area contributed by atoms with Gasteiger partial charge in [0.15, 0.2) is 6.29 Å². The molecule has 616 valence electrons. The summed E-state index contributed by atoms with van der Waals surface area (Å²) in [6, 6.07) is 27.1. The number of hydrogen-bond acceptors (Lipinski definition) is 20. The molecule has 12 amide bonds. The molecule has 0 radical (unpaired) electrons. The maximum atomic E-state index is 15.3. The maximum Gasteiger partial charge on any atom is 0.246 e. The van der Waals surface area contributed by atoms with Crippen molar-refractivity contribution in [3.8, 4) is 11.1 Å². The average Bonchev–Trinajstić information content (AvgIpc) is 0.897. The Morgan fingerprint density at radius 2 is 1.01 bits per heavy atom. The molecule has 3 aliphatic rings. The summed E-state index contributed by atoms with van der Waals surface area (Å²) in [5.74, 6) is -12.4. The number of aliphatic hydroxyl groups excluding tert-OH is 2. The number of carbonyl (C=O) groups excluding carboxylic acids is 12. The zero-order valence-corrected chi connectivity index (χ0v) is 65.2. The van der Waals surface area contributed by atoms with E-state index in [0.29, 0.717) is 23.1 Å². The Bertz CT molecular complexity index is 4280. The highest BCUT2D eigenvalue weighted by Gasteiger charge is 2.46. The van der Waals surface area contributed by atoms with E-state index >= 15 is 19.2 Å². The van der Waals surface area contributed by atoms with Gasteiger partial charge in [0.2, 0.25) is 70.9 Å². The summed E-state index contributed by atoms with van der Waals surface area (Å²) < 4.78 is 13.2. The van der Waals surface area contributed by atoms with Crippen LogP contribution in [-0.2, 0) is 106 Å². The van der Waals surface area contributed by atoms with E-state index in [4.69, 9.17) is 26.7 Å². The molecule has 15 atom stereocenters. The largest absolute Gasteiger partial charge is 0.388 e. The van der Waals surface area contributed by atoms with Crippen LogP contribution in [0.25, 0.3) is 11.1 Å². The Morgan fingerprint density at radius 1 is 0.539 bits per heavy atom. The van der Waals surface area contributed by atoms with Crippen LogP contribution in [0.4, 0.5) is 0 Å². The Balaban J connectivity index is 1.06. The third kappa shape index (κ3) is 25.6. The molecule has 4 heterocycles. The number of fused-ring (bicyclic) bond motifs is 1. The number of ether oxygens (including phenoxy) is 2. The Kier molecular flexibility index (Phi) is 32.5. The third-order valence-corrected chi connectivity index (χ3v) is 20.4. The van der Waals surface area contributed by atoms with Crippen molar-refractivity contribution in [3.63, 3.8) is 0 Å². The first-order chi connectivity index (χ1) is 55.1. The number of nitrogens with two attached hydrogens (primary N) is 3. The number of nitrogens with zero attached hydrogens (tertiary/aromatic N) is 4. The van der Waals surface area contributed by atoms with Crippen molar-refractivity contribution in [2.24, 2.45) is 29.0 Å². The molecule has 6 aromatic rings.